The molecular weight excluding hydrogens is 408 g/mol. The smallest absolute Gasteiger partial charge is 0.237 e. The molecule has 1 N–H and O–H groups in total. The van der Waals surface area contributed by atoms with Crippen LogP contribution in [0.4, 0.5) is 11.4 Å². The molecule has 0 aromatic heterocycles. The van der Waals surface area contributed by atoms with E-state index >= 15 is 0 Å². The number of hydrogen-bond donors (Lipinski definition) is 1. The van der Waals surface area contributed by atoms with Crippen molar-refractivity contribution < 1.29 is 18.0 Å². The van der Waals surface area contributed by atoms with Crippen LogP contribution < -0.4 is 10.2 Å². The number of carbonyl (C=O) groups is 2. The van der Waals surface area contributed by atoms with Gasteiger partial charge in [0.15, 0.2) is 9.84 Å². The van der Waals surface area contributed by atoms with E-state index in [4.69, 9.17) is 0 Å². The molecule has 0 radical (unpaired) electrons. The van der Waals surface area contributed by atoms with Gasteiger partial charge in [0.05, 0.1) is 21.6 Å². The summed E-state index contributed by atoms with van der Waals surface area (Å²) in [5.74, 6) is -1.45. The minimum atomic E-state index is -3.70. The molecule has 2 aromatic rings. The van der Waals surface area contributed by atoms with E-state index in [0.717, 1.165) is 10.5 Å². The first-order chi connectivity index (χ1) is 13.6. The number of amides is 2. The largest absolute Gasteiger partial charge is 0.324 e. The van der Waals surface area contributed by atoms with Crippen molar-refractivity contribution in [1.29, 1.82) is 0 Å². The zero-order valence-corrected chi connectivity index (χ0v) is 18.4. The minimum absolute atomic E-state index is 0.101. The Morgan fingerprint density at radius 2 is 1.86 bits per heavy atom. The van der Waals surface area contributed by atoms with Crippen molar-refractivity contribution in [2.24, 2.45) is 5.92 Å². The molecule has 0 spiro atoms. The van der Waals surface area contributed by atoms with Gasteiger partial charge in [-0.25, -0.2) is 8.42 Å². The lowest BCUT2D eigenvalue weighted by Crippen LogP contribution is -2.35. The van der Waals surface area contributed by atoms with Crippen molar-refractivity contribution in [3.05, 3.63) is 48.0 Å². The lowest BCUT2D eigenvalue weighted by molar-refractivity contribution is -0.121. The Hall–Kier alpha value is -2.32. The van der Waals surface area contributed by atoms with Crippen LogP contribution in [-0.2, 0) is 19.4 Å². The highest BCUT2D eigenvalue weighted by atomic mass is 32.2. The van der Waals surface area contributed by atoms with Crippen molar-refractivity contribution in [3.63, 3.8) is 0 Å². The van der Waals surface area contributed by atoms with E-state index < -0.39 is 15.8 Å². The molecular formula is C21H24N2O4S2. The molecule has 2 unspecified atom stereocenters. The third-order valence-electron chi connectivity index (χ3n) is 4.88. The molecule has 0 fully saturated rings. The second kappa shape index (κ2) is 8.20. The topological polar surface area (TPSA) is 83.6 Å². The molecule has 2 amide bonds. The summed E-state index contributed by atoms with van der Waals surface area (Å²) < 4.78 is 25.8. The summed E-state index contributed by atoms with van der Waals surface area (Å²) >= 11 is 1.39. The van der Waals surface area contributed by atoms with E-state index in [0.29, 0.717) is 11.4 Å². The van der Waals surface area contributed by atoms with Crippen LogP contribution in [0.5, 0.6) is 0 Å². The third-order valence-corrected chi connectivity index (χ3v) is 7.97. The zero-order chi connectivity index (χ0) is 21.3. The average Bonchev–Trinajstić information content (AvgIpc) is 2.67. The minimum Gasteiger partial charge on any atom is -0.324 e. The van der Waals surface area contributed by atoms with Gasteiger partial charge >= 0.3 is 0 Å². The molecule has 154 valence electrons. The number of sulfone groups is 1. The summed E-state index contributed by atoms with van der Waals surface area (Å²) in [6.45, 7) is 5.37. The van der Waals surface area contributed by atoms with Crippen LogP contribution in [0.3, 0.4) is 0 Å². The van der Waals surface area contributed by atoms with Crippen LogP contribution in [0.1, 0.15) is 19.4 Å². The van der Waals surface area contributed by atoms with E-state index in [-0.39, 0.29) is 27.7 Å². The molecule has 6 nitrogen and oxygen atoms in total. The maximum atomic E-state index is 12.9. The highest BCUT2D eigenvalue weighted by Gasteiger charge is 2.28. The molecule has 0 aliphatic carbocycles. The molecule has 1 aliphatic heterocycles. The highest BCUT2D eigenvalue weighted by Crippen LogP contribution is 2.37. The Bertz CT molecular complexity index is 1050. The quantitative estimate of drug-likeness (QED) is 0.782. The van der Waals surface area contributed by atoms with Gasteiger partial charge < -0.3 is 10.2 Å². The zero-order valence-electron chi connectivity index (χ0n) is 16.8. The van der Waals surface area contributed by atoms with E-state index in [2.05, 4.69) is 5.32 Å². The molecule has 3 rings (SSSR count). The number of nitrogens with zero attached hydrogens (tertiary/aromatic N) is 1. The normalized spacial score (nSPS) is 17.2. The van der Waals surface area contributed by atoms with E-state index in [1.807, 2.05) is 31.2 Å². The van der Waals surface area contributed by atoms with Gasteiger partial charge in [-0.05, 0) is 44.2 Å². The number of nitrogens with one attached hydrogen (secondary N) is 1. The van der Waals surface area contributed by atoms with E-state index in [1.54, 1.807) is 27.0 Å². The van der Waals surface area contributed by atoms with E-state index in [1.165, 1.54) is 28.8 Å². The number of fused-ring (bicyclic) bond motifs is 1. The van der Waals surface area contributed by atoms with Crippen LogP contribution in [0, 0.1) is 12.8 Å². The van der Waals surface area contributed by atoms with Crippen molar-refractivity contribution in [2.75, 3.05) is 23.0 Å². The van der Waals surface area contributed by atoms with Gasteiger partial charge in [0, 0.05) is 23.5 Å². The van der Waals surface area contributed by atoms with Gasteiger partial charge in [0.25, 0.3) is 0 Å². The Morgan fingerprint density at radius 1 is 1.21 bits per heavy atom. The Labute approximate surface area is 175 Å². The SMILES string of the molecule is Cc1ccc(N(C)C(=O)C(C)CS(=O)(=O)c2ccc3c(c2)NC(=O)C(C)S3)cc1. The standard InChI is InChI=1S/C21H24N2O4S2/c1-13-5-7-16(8-6-13)23(4)21(25)14(2)12-29(26,27)17-9-10-19-18(11-17)22-20(24)15(3)28-19/h5-11,14-15H,12H2,1-4H3,(H,22,24). The number of benzene rings is 2. The molecule has 0 saturated heterocycles. The number of rotatable bonds is 5. The average molecular weight is 433 g/mol. The van der Waals surface area contributed by atoms with Crippen LogP contribution in [0.25, 0.3) is 0 Å². The maximum absolute atomic E-state index is 12.9. The summed E-state index contributed by atoms with van der Waals surface area (Å²) in [6, 6.07) is 12.2. The predicted octanol–water partition coefficient (Wildman–Crippen LogP) is 3.50. The van der Waals surface area contributed by atoms with Crippen molar-refractivity contribution in [2.45, 2.75) is 35.8 Å². The Kier molecular flexibility index (Phi) is 6.05. The molecule has 0 bridgehead atoms. The summed E-state index contributed by atoms with van der Waals surface area (Å²) in [4.78, 5) is 27.0. The van der Waals surface area contributed by atoms with Gasteiger partial charge in [-0.1, -0.05) is 24.6 Å². The molecule has 1 heterocycles. The second-order valence-electron chi connectivity index (χ2n) is 7.32. The van der Waals surface area contributed by atoms with Crippen LogP contribution >= 0.6 is 11.8 Å². The molecule has 1 aliphatic rings. The number of aryl methyl sites for hydroxylation is 1. The maximum Gasteiger partial charge on any atom is 0.237 e. The van der Waals surface area contributed by atoms with Gasteiger partial charge in [0.1, 0.15) is 0 Å². The molecule has 2 atom stereocenters. The third kappa shape index (κ3) is 4.64. The number of carbonyl (C=O) groups excluding carboxylic acids is 2. The van der Waals surface area contributed by atoms with E-state index in [9.17, 15) is 18.0 Å². The molecule has 29 heavy (non-hydrogen) atoms. The predicted molar refractivity (Wildman–Crippen MR) is 116 cm³/mol. The number of thioether (sulfide) groups is 1. The summed E-state index contributed by atoms with van der Waals surface area (Å²) in [6.07, 6.45) is 0. The lowest BCUT2D eigenvalue weighted by atomic mass is 10.1. The fourth-order valence-corrected chi connectivity index (χ4v) is 5.60. The summed E-state index contributed by atoms with van der Waals surface area (Å²) in [5, 5.41) is 2.52. The van der Waals surface area contributed by atoms with Crippen molar-refractivity contribution >= 4 is 44.8 Å². The summed E-state index contributed by atoms with van der Waals surface area (Å²) in [5.41, 5.74) is 2.29. The first-order valence-corrected chi connectivity index (χ1v) is 11.8. The van der Waals surface area contributed by atoms with Crippen LogP contribution in [0.2, 0.25) is 0 Å². The fourth-order valence-electron chi connectivity index (χ4n) is 3.10. The fraction of sp³-hybridized carbons (Fsp3) is 0.333. The lowest BCUT2D eigenvalue weighted by Gasteiger charge is -2.23. The monoisotopic (exact) mass is 432 g/mol. The van der Waals surface area contributed by atoms with Crippen LogP contribution in [0.15, 0.2) is 52.3 Å². The van der Waals surface area contributed by atoms with Crippen LogP contribution in [-0.4, -0.2) is 38.3 Å². The Balaban J connectivity index is 1.76. The van der Waals surface area contributed by atoms with Gasteiger partial charge in [0.2, 0.25) is 11.8 Å². The molecule has 8 heteroatoms. The molecule has 2 aromatic carbocycles. The summed E-state index contributed by atoms with van der Waals surface area (Å²) in [7, 11) is -2.06. The van der Waals surface area contributed by atoms with Gasteiger partial charge in [-0.3, -0.25) is 9.59 Å². The Morgan fingerprint density at radius 3 is 2.52 bits per heavy atom. The first kappa shape index (κ1) is 21.4. The number of hydrogen-bond acceptors (Lipinski definition) is 5. The van der Waals surface area contributed by atoms with Crippen molar-refractivity contribution in [3.8, 4) is 0 Å². The van der Waals surface area contributed by atoms with Crippen molar-refractivity contribution in [1.82, 2.24) is 0 Å². The van der Waals surface area contributed by atoms with Gasteiger partial charge in [-0.15, -0.1) is 11.8 Å². The molecule has 0 saturated carbocycles. The number of anilines is 2. The highest BCUT2D eigenvalue weighted by molar-refractivity contribution is 8.01. The second-order valence-corrected chi connectivity index (χ2v) is 10.7. The first-order valence-electron chi connectivity index (χ1n) is 9.27. The van der Waals surface area contributed by atoms with Gasteiger partial charge in [-0.2, -0.15) is 0 Å².